The van der Waals surface area contributed by atoms with Crippen molar-refractivity contribution in [2.45, 2.75) is 6.92 Å². The summed E-state index contributed by atoms with van der Waals surface area (Å²) < 4.78 is 5.05. The van der Waals surface area contributed by atoms with Crippen molar-refractivity contribution >= 4 is 11.3 Å². The maximum atomic E-state index is 5.05. The van der Waals surface area contributed by atoms with Gasteiger partial charge in [-0.2, -0.15) is 0 Å². The van der Waals surface area contributed by atoms with Crippen molar-refractivity contribution < 1.29 is 4.42 Å². The Labute approximate surface area is 67.7 Å². The number of oxazole rings is 1. The smallest absolute Gasteiger partial charge is 0.255 e. The lowest BCUT2D eigenvalue weighted by molar-refractivity contribution is 0.574. The molecule has 0 aliphatic heterocycles. The molecule has 0 atom stereocenters. The van der Waals surface area contributed by atoms with Crippen molar-refractivity contribution in [1.29, 1.82) is 0 Å². The molecule has 0 aliphatic rings. The van der Waals surface area contributed by atoms with Crippen molar-refractivity contribution in [3.8, 4) is 10.9 Å². The molecule has 0 bridgehead atoms. The highest BCUT2D eigenvalue weighted by molar-refractivity contribution is 7.14. The number of thiazole rings is 1. The molecule has 0 aliphatic carbocycles. The van der Waals surface area contributed by atoms with Crippen LogP contribution in [0, 0.1) is 13.1 Å². The lowest BCUT2D eigenvalue weighted by Gasteiger charge is -1.82. The number of aryl methyl sites for hydroxylation is 1. The Morgan fingerprint density at radius 2 is 2.55 bits per heavy atom. The predicted molar refractivity (Wildman–Crippen MR) is 41.2 cm³/mol. The average molecular weight is 165 g/mol. The highest BCUT2D eigenvalue weighted by Crippen LogP contribution is 2.21. The van der Waals surface area contributed by atoms with Crippen LogP contribution < -0.4 is 0 Å². The fraction of sp³-hybridized carbons (Fsp3) is 0.143. The highest BCUT2D eigenvalue weighted by Gasteiger charge is 2.05. The Kier molecular flexibility index (Phi) is 1.47. The molecular formula is C7H5N2OS. The molecule has 0 amide bonds. The van der Waals surface area contributed by atoms with Gasteiger partial charge in [-0.25, -0.2) is 9.97 Å². The quantitative estimate of drug-likeness (QED) is 0.647. The van der Waals surface area contributed by atoms with Gasteiger partial charge in [-0.1, -0.05) is 0 Å². The van der Waals surface area contributed by atoms with E-state index in [1.54, 1.807) is 6.20 Å². The monoisotopic (exact) mass is 165 g/mol. The van der Waals surface area contributed by atoms with E-state index in [2.05, 4.69) is 16.2 Å². The molecule has 0 saturated heterocycles. The van der Waals surface area contributed by atoms with Crippen molar-refractivity contribution in [3.05, 3.63) is 23.5 Å². The second kappa shape index (κ2) is 2.47. The summed E-state index contributed by atoms with van der Waals surface area (Å²) >= 11 is 1.52. The van der Waals surface area contributed by atoms with Gasteiger partial charge in [0.05, 0.1) is 6.20 Å². The van der Waals surface area contributed by atoms with Crippen LogP contribution >= 0.6 is 11.3 Å². The molecule has 3 nitrogen and oxygen atoms in total. The number of aromatic nitrogens is 2. The largest absolute Gasteiger partial charge is 0.443 e. The van der Waals surface area contributed by atoms with Crippen molar-refractivity contribution in [1.82, 2.24) is 9.97 Å². The average Bonchev–Trinajstić information content (AvgIpc) is 2.55. The Morgan fingerprint density at radius 1 is 1.64 bits per heavy atom. The van der Waals surface area contributed by atoms with Gasteiger partial charge in [0.25, 0.3) is 5.89 Å². The molecule has 0 unspecified atom stereocenters. The van der Waals surface area contributed by atoms with E-state index < -0.39 is 0 Å². The second-order valence-corrected chi connectivity index (χ2v) is 3.23. The third kappa shape index (κ3) is 1.17. The van der Waals surface area contributed by atoms with Crippen LogP contribution in [0.1, 0.15) is 4.88 Å². The highest BCUT2D eigenvalue weighted by atomic mass is 32.1. The summed E-state index contributed by atoms with van der Waals surface area (Å²) in [4.78, 5) is 9.00. The third-order valence-corrected chi connectivity index (χ3v) is 2.04. The molecular weight excluding hydrogens is 160 g/mol. The van der Waals surface area contributed by atoms with E-state index in [9.17, 15) is 0 Å². The van der Waals surface area contributed by atoms with Crippen LogP contribution in [0.4, 0.5) is 0 Å². The van der Waals surface area contributed by atoms with Crippen LogP contribution in [0.5, 0.6) is 0 Å². The van der Waals surface area contributed by atoms with E-state index in [1.807, 2.05) is 6.92 Å². The summed E-state index contributed by atoms with van der Waals surface area (Å²) in [5.41, 5.74) is 0. The molecule has 55 valence electrons. The molecule has 0 spiro atoms. The fourth-order valence-electron chi connectivity index (χ4n) is 0.741. The summed E-state index contributed by atoms with van der Waals surface area (Å²) in [7, 11) is 0. The zero-order valence-electron chi connectivity index (χ0n) is 5.87. The zero-order chi connectivity index (χ0) is 7.68. The van der Waals surface area contributed by atoms with Gasteiger partial charge in [0.2, 0.25) is 0 Å². The standard InChI is InChI=1S/C7H5N2OS/c1-5-4-9-7(11-5)6-8-2-3-10-6/h2-3H,1H3. The topological polar surface area (TPSA) is 38.9 Å². The van der Waals surface area contributed by atoms with Gasteiger partial charge in [-0.05, 0) is 6.92 Å². The second-order valence-electron chi connectivity index (χ2n) is 2.02. The van der Waals surface area contributed by atoms with E-state index in [-0.39, 0.29) is 0 Å². The van der Waals surface area contributed by atoms with Crippen molar-refractivity contribution in [2.75, 3.05) is 0 Å². The molecule has 0 N–H and O–H groups in total. The Balaban J connectivity index is 2.45. The SMILES string of the molecule is Cc1[c]nc(-c2ncco2)s1. The number of hydrogen-bond donors (Lipinski definition) is 0. The molecule has 0 aromatic carbocycles. The summed E-state index contributed by atoms with van der Waals surface area (Å²) in [6.45, 7) is 1.95. The number of hydrogen-bond acceptors (Lipinski definition) is 4. The summed E-state index contributed by atoms with van der Waals surface area (Å²) in [5, 5.41) is 0.785. The first-order valence-corrected chi connectivity index (χ1v) is 3.93. The Morgan fingerprint density at radius 3 is 3.09 bits per heavy atom. The number of nitrogens with zero attached hydrogens (tertiary/aromatic N) is 2. The minimum atomic E-state index is 0.569. The third-order valence-electron chi connectivity index (χ3n) is 1.18. The Hall–Kier alpha value is -1.16. The Bertz CT molecular complexity index is 339. The van der Waals surface area contributed by atoms with Gasteiger partial charge >= 0.3 is 0 Å². The first kappa shape index (κ1) is 6.54. The maximum absolute atomic E-state index is 5.05. The van der Waals surface area contributed by atoms with Crippen LogP contribution in [0.15, 0.2) is 16.9 Å². The van der Waals surface area contributed by atoms with E-state index in [4.69, 9.17) is 4.42 Å². The van der Waals surface area contributed by atoms with Crippen LogP contribution in [-0.4, -0.2) is 9.97 Å². The number of rotatable bonds is 1. The van der Waals surface area contributed by atoms with Gasteiger partial charge in [-0.3, -0.25) is 0 Å². The van der Waals surface area contributed by atoms with Gasteiger partial charge in [0.1, 0.15) is 12.5 Å². The van der Waals surface area contributed by atoms with Crippen LogP contribution in [-0.2, 0) is 0 Å². The van der Waals surface area contributed by atoms with Crippen molar-refractivity contribution in [2.24, 2.45) is 0 Å². The minimum absolute atomic E-state index is 0.569. The predicted octanol–water partition coefficient (Wildman–Crippen LogP) is 1.91. The maximum Gasteiger partial charge on any atom is 0.255 e. The van der Waals surface area contributed by atoms with Gasteiger partial charge in [0, 0.05) is 4.88 Å². The van der Waals surface area contributed by atoms with Crippen molar-refractivity contribution in [3.63, 3.8) is 0 Å². The lowest BCUT2D eigenvalue weighted by Crippen LogP contribution is -1.71. The molecule has 11 heavy (non-hydrogen) atoms. The lowest BCUT2D eigenvalue weighted by atomic mass is 10.6. The molecule has 2 heterocycles. The molecule has 0 saturated carbocycles. The van der Waals surface area contributed by atoms with E-state index in [1.165, 1.54) is 17.6 Å². The molecule has 0 fully saturated rings. The van der Waals surface area contributed by atoms with Gasteiger partial charge in [-0.15, -0.1) is 11.3 Å². The van der Waals surface area contributed by atoms with Crippen LogP contribution in [0.2, 0.25) is 0 Å². The van der Waals surface area contributed by atoms with E-state index in [0.29, 0.717) is 5.89 Å². The minimum Gasteiger partial charge on any atom is -0.443 e. The van der Waals surface area contributed by atoms with Gasteiger partial charge in [0.15, 0.2) is 5.01 Å². The summed E-state index contributed by atoms with van der Waals surface area (Å²) in [6.07, 6.45) is 5.96. The first-order valence-electron chi connectivity index (χ1n) is 3.11. The first-order chi connectivity index (χ1) is 5.36. The normalized spacial score (nSPS) is 10.3. The fourth-order valence-corrected chi connectivity index (χ4v) is 1.40. The van der Waals surface area contributed by atoms with E-state index >= 15 is 0 Å². The van der Waals surface area contributed by atoms with Gasteiger partial charge < -0.3 is 4.42 Å². The molecule has 1 radical (unpaired) electrons. The van der Waals surface area contributed by atoms with Crippen LogP contribution in [0.25, 0.3) is 10.9 Å². The molecule has 2 aromatic rings. The molecule has 2 rings (SSSR count). The summed E-state index contributed by atoms with van der Waals surface area (Å²) in [6, 6.07) is 0. The zero-order valence-corrected chi connectivity index (χ0v) is 6.68. The van der Waals surface area contributed by atoms with E-state index in [0.717, 1.165) is 9.88 Å². The molecule has 2 aromatic heterocycles. The summed E-state index contributed by atoms with van der Waals surface area (Å²) in [5.74, 6) is 0.569. The van der Waals surface area contributed by atoms with Crippen LogP contribution in [0.3, 0.4) is 0 Å². The molecule has 4 heteroatoms.